The lowest BCUT2D eigenvalue weighted by Gasteiger charge is -2.29. The van der Waals surface area contributed by atoms with Crippen LogP contribution in [0.4, 0.5) is 0 Å². The van der Waals surface area contributed by atoms with E-state index in [9.17, 15) is 9.90 Å². The number of aliphatic hydroxyl groups excluding tert-OH is 1. The highest BCUT2D eigenvalue weighted by atomic mass is 16.3. The SMILES string of the molecule is O=C(CC1Cc2ccccc2C1)NC(CN1CCCC1)C(O)c1cccnc1. The van der Waals surface area contributed by atoms with Gasteiger partial charge in [0.2, 0.25) is 5.91 Å². The number of carbonyl (C=O) groups is 1. The zero-order valence-electron chi connectivity index (χ0n) is 16.3. The molecule has 0 bridgehead atoms. The van der Waals surface area contributed by atoms with Crippen LogP contribution < -0.4 is 5.32 Å². The lowest BCUT2D eigenvalue weighted by atomic mass is 9.99. The zero-order valence-corrected chi connectivity index (χ0v) is 16.3. The van der Waals surface area contributed by atoms with Crippen LogP contribution in [0.5, 0.6) is 0 Å². The number of hydrogen-bond donors (Lipinski definition) is 2. The van der Waals surface area contributed by atoms with E-state index in [0.717, 1.165) is 31.5 Å². The summed E-state index contributed by atoms with van der Waals surface area (Å²) in [4.78, 5) is 19.3. The molecule has 0 radical (unpaired) electrons. The van der Waals surface area contributed by atoms with Gasteiger partial charge in [-0.3, -0.25) is 9.78 Å². The maximum atomic E-state index is 12.8. The van der Waals surface area contributed by atoms with Gasteiger partial charge in [-0.15, -0.1) is 0 Å². The van der Waals surface area contributed by atoms with Crippen LogP contribution >= 0.6 is 0 Å². The number of hydrogen-bond acceptors (Lipinski definition) is 4. The van der Waals surface area contributed by atoms with Crippen molar-refractivity contribution in [2.24, 2.45) is 5.92 Å². The van der Waals surface area contributed by atoms with E-state index in [2.05, 4.69) is 39.5 Å². The number of pyridine rings is 1. The van der Waals surface area contributed by atoms with Gasteiger partial charge in [0.15, 0.2) is 0 Å². The first-order chi connectivity index (χ1) is 13.7. The fourth-order valence-electron chi connectivity index (χ4n) is 4.57. The highest BCUT2D eigenvalue weighted by Gasteiger charge is 2.29. The number of aliphatic hydroxyl groups is 1. The molecule has 0 saturated carbocycles. The molecule has 1 amide bonds. The van der Waals surface area contributed by atoms with Gasteiger partial charge >= 0.3 is 0 Å². The molecule has 2 unspecified atom stereocenters. The number of carbonyl (C=O) groups excluding carboxylic acids is 1. The predicted molar refractivity (Wildman–Crippen MR) is 109 cm³/mol. The molecule has 1 aromatic heterocycles. The Balaban J connectivity index is 1.39. The van der Waals surface area contributed by atoms with Gasteiger partial charge in [-0.1, -0.05) is 30.3 Å². The largest absolute Gasteiger partial charge is 0.386 e. The third kappa shape index (κ3) is 4.59. The van der Waals surface area contributed by atoms with Gasteiger partial charge in [0, 0.05) is 30.9 Å². The molecule has 1 aliphatic heterocycles. The van der Waals surface area contributed by atoms with E-state index in [0.29, 0.717) is 18.9 Å². The molecule has 1 aliphatic carbocycles. The molecule has 2 N–H and O–H groups in total. The maximum Gasteiger partial charge on any atom is 0.220 e. The third-order valence-electron chi connectivity index (χ3n) is 6.02. The van der Waals surface area contributed by atoms with Crippen LogP contribution in [0, 0.1) is 5.92 Å². The average Bonchev–Trinajstić information content (AvgIpc) is 3.36. The maximum absolute atomic E-state index is 12.8. The van der Waals surface area contributed by atoms with Gasteiger partial charge in [-0.2, -0.15) is 0 Å². The van der Waals surface area contributed by atoms with Crippen molar-refractivity contribution < 1.29 is 9.90 Å². The number of rotatable bonds is 7. The molecule has 4 rings (SSSR count). The molecule has 1 aromatic carbocycles. The number of amides is 1. The number of aromatic nitrogens is 1. The summed E-state index contributed by atoms with van der Waals surface area (Å²) in [6.07, 6.45) is 7.43. The predicted octanol–water partition coefficient (Wildman–Crippen LogP) is 2.50. The van der Waals surface area contributed by atoms with Crippen LogP contribution in [0.25, 0.3) is 0 Å². The van der Waals surface area contributed by atoms with Crippen molar-refractivity contribution >= 4 is 5.91 Å². The zero-order chi connectivity index (χ0) is 19.3. The Bertz CT molecular complexity index is 764. The average molecular weight is 380 g/mol. The van der Waals surface area contributed by atoms with Gasteiger partial charge in [-0.25, -0.2) is 0 Å². The lowest BCUT2D eigenvalue weighted by molar-refractivity contribution is -0.123. The summed E-state index contributed by atoms with van der Waals surface area (Å²) in [7, 11) is 0. The Morgan fingerprint density at radius 1 is 1.14 bits per heavy atom. The Labute approximate surface area is 166 Å². The quantitative estimate of drug-likeness (QED) is 0.776. The van der Waals surface area contributed by atoms with Crippen LogP contribution in [-0.4, -0.2) is 46.6 Å². The Morgan fingerprint density at radius 2 is 1.86 bits per heavy atom. The summed E-state index contributed by atoms with van der Waals surface area (Å²) in [5, 5.41) is 14.0. The van der Waals surface area contributed by atoms with Crippen molar-refractivity contribution in [2.45, 2.75) is 44.2 Å². The smallest absolute Gasteiger partial charge is 0.220 e. The summed E-state index contributed by atoms with van der Waals surface area (Å²) < 4.78 is 0. The fourth-order valence-corrected chi connectivity index (χ4v) is 4.57. The first-order valence-corrected chi connectivity index (χ1v) is 10.4. The van der Waals surface area contributed by atoms with Crippen LogP contribution in [-0.2, 0) is 17.6 Å². The molecule has 28 heavy (non-hydrogen) atoms. The normalized spacial score (nSPS) is 19.3. The van der Waals surface area contributed by atoms with Gasteiger partial charge in [0.1, 0.15) is 6.10 Å². The molecule has 5 heteroatoms. The van der Waals surface area contributed by atoms with Crippen molar-refractivity contribution in [3.8, 4) is 0 Å². The topological polar surface area (TPSA) is 65.5 Å². The number of nitrogens with one attached hydrogen (secondary N) is 1. The van der Waals surface area contributed by atoms with Crippen molar-refractivity contribution in [3.05, 3.63) is 65.5 Å². The molecular weight excluding hydrogens is 350 g/mol. The minimum Gasteiger partial charge on any atom is -0.386 e. The molecule has 148 valence electrons. The van der Waals surface area contributed by atoms with Crippen LogP contribution in [0.1, 0.15) is 42.1 Å². The van der Waals surface area contributed by atoms with E-state index >= 15 is 0 Å². The van der Waals surface area contributed by atoms with Crippen molar-refractivity contribution in [2.75, 3.05) is 19.6 Å². The summed E-state index contributed by atoms with van der Waals surface area (Å²) in [5.41, 5.74) is 3.48. The van der Waals surface area contributed by atoms with Crippen molar-refractivity contribution in [1.29, 1.82) is 0 Å². The molecular formula is C23H29N3O2. The van der Waals surface area contributed by atoms with E-state index in [4.69, 9.17) is 0 Å². The summed E-state index contributed by atoms with van der Waals surface area (Å²) in [5.74, 6) is 0.380. The van der Waals surface area contributed by atoms with E-state index in [1.165, 1.54) is 24.0 Å². The molecule has 2 aromatic rings. The minimum atomic E-state index is -0.751. The first-order valence-electron chi connectivity index (χ1n) is 10.4. The molecule has 0 spiro atoms. The third-order valence-corrected chi connectivity index (χ3v) is 6.02. The second kappa shape index (κ2) is 8.84. The Morgan fingerprint density at radius 3 is 2.50 bits per heavy atom. The molecule has 2 aliphatic rings. The lowest BCUT2D eigenvalue weighted by Crippen LogP contribution is -2.47. The fraction of sp³-hybridized carbons (Fsp3) is 0.478. The summed E-state index contributed by atoms with van der Waals surface area (Å²) in [6.45, 7) is 2.74. The Kier molecular flexibility index (Phi) is 6.03. The molecule has 5 nitrogen and oxygen atoms in total. The van der Waals surface area contributed by atoms with Crippen molar-refractivity contribution in [3.63, 3.8) is 0 Å². The van der Waals surface area contributed by atoms with E-state index in [-0.39, 0.29) is 11.9 Å². The number of nitrogens with zero attached hydrogens (tertiary/aromatic N) is 2. The van der Waals surface area contributed by atoms with Crippen LogP contribution in [0.3, 0.4) is 0 Å². The second-order valence-corrected chi connectivity index (χ2v) is 8.16. The van der Waals surface area contributed by atoms with Crippen molar-refractivity contribution in [1.82, 2.24) is 15.2 Å². The summed E-state index contributed by atoms with van der Waals surface area (Å²) in [6, 6.07) is 11.8. The molecule has 2 atom stereocenters. The standard InChI is InChI=1S/C23H29N3O2/c27-22(14-17-12-18-6-1-2-7-19(18)13-17)25-21(16-26-10-3-4-11-26)23(28)20-8-5-9-24-15-20/h1-2,5-9,15,17,21,23,28H,3-4,10-14,16H2,(H,25,27). The van der Waals surface area contributed by atoms with Crippen LogP contribution in [0.2, 0.25) is 0 Å². The molecule has 1 fully saturated rings. The van der Waals surface area contributed by atoms with Gasteiger partial charge in [0.25, 0.3) is 0 Å². The Hall–Kier alpha value is -2.24. The van der Waals surface area contributed by atoms with E-state index < -0.39 is 6.10 Å². The second-order valence-electron chi connectivity index (χ2n) is 8.16. The molecule has 1 saturated heterocycles. The molecule has 2 heterocycles. The first kappa shape index (κ1) is 19.1. The van der Waals surface area contributed by atoms with E-state index in [1.807, 2.05) is 12.1 Å². The van der Waals surface area contributed by atoms with E-state index in [1.54, 1.807) is 12.4 Å². The highest BCUT2D eigenvalue weighted by molar-refractivity contribution is 5.77. The number of likely N-dealkylation sites (tertiary alicyclic amines) is 1. The van der Waals surface area contributed by atoms with Gasteiger partial charge in [0.05, 0.1) is 6.04 Å². The highest BCUT2D eigenvalue weighted by Crippen LogP contribution is 2.28. The number of fused-ring (bicyclic) bond motifs is 1. The monoisotopic (exact) mass is 379 g/mol. The van der Waals surface area contributed by atoms with Gasteiger partial charge in [-0.05, 0) is 61.9 Å². The van der Waals surface area contributed by atoms with Crippen LogP contribution in [0.15, 0.2) is 48.8 Å². The number of benzene rings is 1. The summed E-state index contributed by atoms with van der Waals surface area (Å²) >= 11 is 0. The minimum absolute atomic E-state index is 0.0324. The van der Waals surface area contributed by atoms with Gasteiger partial charge < -0.3 is 15.3 Å².